The average Bonchev–Trinajstić information content (AvgIpc) is 2.95. The van der Waals surface area contributed by atoms with Gasteiger partial charge in [0.25, 0.3) is 0 Å². The van der Waals surface area contributed by atoms with E-state index in [0.29, 0.717) is 22.0 Å². The van der Waals surface area contributed by atoms with E-state index in [2.05, 4.69) is 15.3 Å². The van der Waals surface area contributed by atoms with E-state index < -0.39 is 23.4 Å². The van der Waals surface area contributed by atoms with Crippen LogP contribution in [0.15, 0.2) is 48.7 Å². The maximum Gasteiger partial charge on any atom is 0.416 e. The molecule has 2 heterocycles. The summed E-state index contributed by atoms with van der Waals surface area (Å²) in [5.74, 6) is -1.70. The van der Waals surface area contributed by atoms with Crippen molar-refractivity contribution in [3.63, 3.8) is 0 Å². The molecule has 0 radical (unpaired) electrons. The van der Waals surface area contributed by atoms with Gasteiger partial charge in [-0.1, -0.05) is 6.07 Å². The van der Waals surface area contributed by atoms with Crippen LogP contribution in [0.3, 0.4) is 0 Å². The molecule has 2 aromatic carbocycles. The number of hydrogen-bond acceptors (Lipinski definition) is 2. The average molecular weight is 363 g/mol. The SMILES string of the molecule is Fc1cc2[nH]cc(Nc3ccc4ccc(C(F)(F)F)cc4n3)c2cc1F. The van der Waals surface area contributed by atoms with Crippen LogP contribution in [0, 0.1) is 11.6 Å². The zero-order valence-corrected chi connectivity index (χ0v) is 13.0. The molecule has 0 aliphatic carbocycles. The van der Waals surface area contributed by atoms with E-state index in [1.807, 2.05) is 0 Å². The quantitative estimate of drug-likeness (QED) is 0.445. The van der Waals surface area contributed by atoms with Crippen molar-refractivity contribution >= 4 is 33.3 Å². The third-order valence-electron chi connectivity index (χ3n) is 4.00. The lowest BCUT2D eigenvalue weighted by Gasteiger charge is -2.09. The van der Waals surface area contributed by atoms with Crippen LogP contribution in [-0.2, 0) is 6.18 Å². The lowest BCUT2D eigenvalue weighted by Crippen LogP contribution is -2.04. The summed E-state index contributed by atoms with van der Waals surface area (Å²) < 4.78 is 65.3. The summed E-state index contributed by atoms with van der Waals surface area (Å²) in [6.45, 7) is 0. The molecule has 0 aliphatic rings. The van der Waals surface area contributed by atoms with Gasteiger partial charge in [-0.25, -0.2) is 13.8 Å². The number of halogens is 5. The fourth-order valence-electron chi connectivity index (χ4n) is 2.72. The highest BCUT2D eigenvalue weighted by atomic mass is 19.4. The fourth-order valence-corrected chi connectivity index (χ4v) is 2.72. The van der Waals surface area contributed by atoms with Crippen molar-refractivity contribution < 1.29 is 22.0 Å². The Balaban J connectivity index is 1.74. The Morgan fingerprint density at radius 2 is 1.65 bits per heavy atom. The second-order valence-corrected chi connectivity index (χ2v) is 5.74. The number of pyridine rings is 1. The Morgan fingerprint density at radius 1 is 0.923 bits per heavy atom. The van der Waals surface area contributed by atoms with Crippen LogP contribution in [0.4, 0.5) is 33.5 Å². The minimum Gasteiger partial charge on any atom is -0.359 e. The molecule has 8 heteroatoms. The van der Waals surface area contributed by atoms with Gasteiger partial charge in [-0.15, -0.1) is 0 Å². The number of nitrogens with zero attached hydrogens (tertiary/aromatic N) is 1. The molecule has 0 saturated carbocycles. The third kappa shape index (κ3) is 2.83. The second kappa shape index (κ2) is 5.69. The Kier molecular flexibility index (Phi) is 3.57. The van der Waals surface area contributed by atoms with Gasteiger partial charge in [0.15, 0.2) is 11.6 Å². The molecule has 2 N–H and O–H groups in total. The number of alkyl halides is 3. The van der Waals surface area contributed by atoms with Gasteiger partial charge in [0.1, 0.15) is 5.82 Å². The third-order valence-corrected chi connectivity index (χ3v) is 4.00. The molecule has 0 aliphatic heterocycles. The molecule has 4 aromatic rings. The predicted octanol–water partition coefficient (Wildman–Crippen LogP) is 5.76. The molecule has 0 amide bonds. The van der Waals surface area contributed by atoms with Crippen molar-refractivity contribution in [1.29, 1.82) is 0 Å². The van der Waals surface area contributed by atoms with Crippen molar-refractivity contribution in [2.24, 2.45) is 0 Å². The molecule has 26 heavy (non-hydrogen) atoms. The van der Waals surface area contributed by atoms with Crippen LogP contribution in [0.1, 0.15) is 5.56 Å². The fraction of sp³-hybridized carbons (Fsp3) is 0.0556. The lowest BCUT2D eigenvalue weighted by molar-refractivity contribution is -0.137. The molecule has 4 rings (SSSR count). The van der Waals surface area contributed by atoms with E-state index in [4.69, 9.17) is 0 Å². The molecule has 0 spiro atoms. The van der Waals surface area contributed by atoms with E-state index in [-0.39, 0.29) is 11.3 Å². The number of nitrogens with one attached hydrogen (secondary N) is 2. The number of aromatic nitrogens is 2. The van der Waals surface area contributed by atoms with Crippen molar-refractivity contribution in [3.8, 4) is 0 Å². The molecule has 3 nitrogen and oxygen atoms in total. The number of aromatic amines is 1. The van der Waals surface area contributed by atoms with Gasteiger partial charge in [-0.3, -0.25) is 0 Å². The van der Waals surface area contributed by atoms with Gasteiger partial charge >= 0.3 is 6.18 Å². The number of anilines is 2. The van der Waals surface area contributed by atoms with Gasteiger partial charge in [-0.05, 0) is 30.3 Å². The summed E-state index contributed by atoms with van der Waals surface area (Å²) in [6, 6.07) is 8.58. The number of rotatable bonds is 2. The van der Waals surface area contributed by atoms with Crippen LogP contribution in [0.5, 0.6) is 0 Å². The van der Waals surface area contributed by atoms with E-state index in [1.54, 1.807) is 12.1 Å². The first-order chi connectivity index (χ1) is 12.3. The molecule has 0 unspecified atom stereocenters. The highest BCUT2D eigenvalue weighted by molar-refractivity contribution is 5.94. The van der Waals surface area contributed by atoms with Crippen molar-refractivity contribution in [3.05, 3.63) is 65.9 Å². The normalized spacial score (nSPS) is 12.0. The summed E-state index contributed by atoms with van der Waals surface area (Å²) in [5.41, 5.74) is 0.186. The van der Waals surface area contributed by atoms with E-state index >= 15 is 0 Å². The Morgan fingerprint density at radius 3 is 2.42 bits per heavy atom. The zero-order chi connectivity index (χ0) is 18.5. The van der Waals surface area contributed by atoms with Crippen LogP contribution in [-0.4, -0.2) is 9.97 Å². The Hall–Kier alpha value is -3.16. The van der Waals surface area contributed by atoms with E-state index in [0.717, 1.165) is 24.3 Å². The van der Waals surface area contributed by atoms with Crippen molar-refractivity contribution in [1.82, 2.24) is 9.97 Å². The van der Waals surface area contributed by atoms with Crippen LogP contribution in [0.2, 0.25) is 0 Å². The number of hydrogen-bond donors (Lipinski definition) is 2. The maximum atomic E-state index is 13.5. The second-order valence-electron chi connectivity index (χ2n) is 5.74. The van der Waals surface area contributed by atoms with E-state index in [9.17, 15) is 22.0 Å². The largest absolute Gasteiger partial charge is 0.416 e. The van der Waals surface area contributed by atoms with Crippen LogP contribution in [0.25, 0.3) is 21.8 Å². The van der Waals surface area contributed by atoms with Gasteiger partial charge in [0.2, 0.25) is 0 Å². The van der Waals surface area contributed by atoms with Gasteiger partial charge in [-0.2, -0.15) is 13.2 Å². The molecule has 132 valence electrons. The van der Waals surface area contributed by atoms with Gasteiger partial charge in [0, 0.05) is 23.0 Å². The summed E-state index contributed by atoms with van der Waals surface area (Å²) in [6.07, 6.45) is -2.96. The molecule has 0 atom stereocenters. The standard InChI is InChI=1S/C18H10F5N3/c19-12-6-11-15(7-13(12)20)24-8-16(11)26-17-4-2-9-1-3-10(18(21,22)23)5-14(9)25-17/h1-8,24H,(H,25,26). The lowest BCUT2D eigenvalue weighted by atomic mass is 10.1. The minimum absolute atomic E-state index is 0.168. The molecule has 0 fully saturated rings. The predicted molar refractivity (Wildman–Crippen MR) is 88.2 cm³/mol. The van der Waals surface area contributed by atoms with Crippen LogP contribution >= 0.6 is 0 Å². The first kappa shape index (κ1) is 16.3. The first-order valence-corrected chi connectivity index (χ1v) is 7.52. The number of benzene rings is 2. The summed E-state index contributed by atoms with van der Waals surface area (Å²) in [5, 5.41) is 3.86. The maximum absolute atomic E-state index is 13.5. The molecule has 0 saturated heterocycles. The molecular weight excluding hydrogens is 353 g/mol. The summed E-state index contributed by atoms with van der Waals surface area (Å²) >= 11 is 0. The minimum atomic E-state index is -4.46. The summed E-state index contributed by atoms with van der Waals surface area (Å²) in [4.78, 5) is 6.98. The Bertz CT molecular complexity index is 1130. The molecular formula is C18H10F5N3. The number of H-pyrrole nitrogens is 1. The van der Waals surface area contributed by atoms with E-state index in [1.165, 1.54) is 12.3 Å². The molecule has 2 aromatic heterocycles. The Labute approximate surface area is 143 Å². The topological polar surface area (TPSA) is 40.7 Å². The van der Waals surface area contributed by atoms with Gasteiger partial charge < -0.3 is 10.3 Å². The summed E-state index contributed by atoms with van der Waals surface area (Å²) in [7, 11) is 0. The monoisotopic (exact) mass is 363 g/mol. The molecule has 0 bridgehead atoms. The zero-order valence-electron chi connectivity index (χ0n) is 13.0. The highest BCUT2D eigenvalue weighted by Gasteiger charge is 2.30. The van der Waals surface area contributed by atoms with Gasteiger partial charge in [0.05, 0.1) is 22.3 Å². The van der Waals surface area contributed by atoms with Crippen molar-refractivity contribution in [2.45, 2.75) is 6.18 Å². The van der Waals surface area contributed by atoms with Crippen LogP contribution < -0.4 is 5.32 Å². The van der Waals surface area contributed by atoms with Crippen molar-refractivity contribution in [2.75, 3.05) is 5.32 Å². The number of fused-ring (bicyclic) bond motifs is 2. The smallest absolute Gasteiger partial charge is 0.359 e. The highest BCUT2D eigenvalue weighted by Crippen LogP contribution is 2.32. The first-order valence-electron chi connectivity index (χ1n) is 7.52.